The van der Waals surface area contributed by atoms with Crippen molar-refractivity contribution in [2.24, 2.45) is 0 Å². The van der Waals surface area contributed by atoms with Gasteiger partial charge in [0, 0.05) is 6.42 Å². The lowest BCUT2D eigenvalue weighted by Crippen LogP contribution is -2.66. The van der Waals surface area contributed by atoms with Crippen molar-refractivity contribution in [1.82, 2.24) is 5.32 Å². The van der Waals surface area contributed by atoms with Gasteiger partial charge in [0.05, 0.1) is 38.6 Å². The fourth-order valence-electron chi connectivity index (χ4n) is 11.0. The van der Waals surface area contributed by atoms with E-state index in [1.807, 2.05) is 6.08 Å². The third kappa shape index (κ3) is 30.2. The van der Waals surface area contributed by atoms with Gasteiger partial charge in [0.25, 0.3) is 0 Å². The SMILES string of the molecule is CCCCCCCC/C=C\CCCCCCCCCC(=O)NC(COC1OC(CO)C(OC2OC(CO)C(OC3OC(CO)C(O)C(O)C3O)C(O)C2O)C(O)C1O)C(O)/C=C/CC/C=C/CCCCCCCCCCCCCCCCC. The Morgan fingerprint density at radius 1 is 0.422 bits per heavy atom. The fourth-order valence-corrected chi connectivity index (χ4v) is 11.0. The Labute approximate surface area is 498 Å². The summed E-state index contributed by atoms with van der Waals surface area (Å²) in [4.78, 5) is 13.4. The van der Waals surface area contributed by atoms with Gasteiger partial charge in [0.15, 0.2) is 18.9 Å². The number of rotatable bonds is 49. The van der Waals surface area contributed by atoms with E-state index in [2.05, 4.69) is 43.5 Å². The molecule has 0 aromatic heterocycles. The maximum Gasteiger partial charge on any atom is 0.220 e. The summed E-state index contributed by atoms with van der Waals surface area (Å²) < 4.78 is 34.3. The van der Waals surface area contributed by atoms with Crippen LogP contribution in [0.4, 0.5) is 0 Å². The number of hydrogen-bond acceptors (Lipinski definition) is 18. The van der Waals surface area contributed by atoms with Crippen molar-refractivity contribution in [1.29, 1.82) is 0 Å². The Hall–Kier alpha value is -1.99. The van der Waals surface area contributed by atoms with Crippen molar-refractivity contribution in [2.45, 2.75) is 336 Å². The standard InChI is InChI=1S/C64H117NO18/c1-3-5-7-9-11-13-15-17-19-21-22-23-24-26-27-29-31-33-35-37-39-41-48(69)47(65-52(70)42-40-38-36-34-32-30-28-25-20-18-16-14-12-10-8-6-4-2)46-78-62-58(76)55(73)60(50(44-67)80-62)83-64-59(77)56(74)61(51(45-68)81-64)82-63-57(75)54(72)53(71)49(43-66)79-63/h18,20,31,33,39,41,47-51,53-64,66-69,71-77H,3-17,19,21-30,32,34-38,40,42-46H2,1-2H3,(H,65,70)/b20-18-,33-31+,41-39+. The molecule has 3 fully saturated rings. The molecule has 486 valence electrons. The number of nitrogens with one attached hydrogen (secondary N) is 1. The number of aliphatic hydroxyl groups excluding tert-OH is 11. The van der Waals surface area contributed by atoms with Gasteiger partial charge in [-0.25, -0.2) is 0 Å². The molecule has 0 aliphatic carbocycles. The van der Waals surface area contributed by atoms with Crippen LogP contribution < -0.4 is 5.32 Å². The minimum absolute atomic E-state index is 0.231. The third-order valence-electron chi connectivity index (χ3n) is 16.4. The highest BCUT2D eigenvalue weighted by Gasteiger charge is 2.53. The minimum Gasteiger partial charge on any atom is -0.394 e. The lowest BCUT2D eigenvalue weighted by molar-refractivity contribution is -0.379. The van der Waals surface area contributed by atoms with Crippen LogP contribution in [0.2, 0.25) is 0 Å². The van der Waals surface area contributed by atoms with E-state index in [4.69, 9.17) is 28.4 Å². The number of amides is 1. The number of unbranched alkanes of at least 4 members (excludes halogenated alkanes) is 29. The Kier molecular flexibility index (Phi) is 42.7. The van der Waals surface area contributed by atoms with Gasteiger partial charge in [-0.1, -0.05) is 204 Å². The van der Waals surface area contributed by atoms with E-state index in [9.17, 15) is 61.0 Å². The summed E-state index contributed by atoms with van der Waals surface area (Å²) in [6.07, 6.45) is 25.5. The van der Waals surface area contributed by atoms with Gasteiger partial charge in [0.1, 0.15) is 73.2 Å². The highest BCUT2D eigenvalue weighted by molar-refractivity contribution is 5.76. The van der Waals surface area contributed by atoms with E-state index in [0.717, 1.165) is 51.4 Å². The van der Waals surface area contributed by atoms with Crippen LogP contribution >= 0.6 is 0 Å². The number of carbonyl (C=O) groups excluding carboxylic acids is 1. The Morgan fingerprint density at radius 3 is 1.20 bits per heavy atom. The maximum absolute atomic E-state index is 13.4. The minimum atomic E-state index is -1.98. The first-order valence-electron chi connectivity index (χ1n) is 32.7. The van der Waals surface area contributed by atoms with Gasteiger partial charge in [-0.2, -0.15) is 0 Å². The van der Waals surface area contributed by atoms with Crippen LogP contribution in [-0.4, -0.2) is 193 Å². The van der Waals surface area contributed by atoms with Crippen molar-refractivity contribution in [3.63, 3.8) is 0 Å². The molecule has 3 aliphatic rings. The van der Waals surface area contributed by atoms with Gasteiger partial charge in [-0.05, 0) is 57.8 Å². The Balaban J connectivity index is 1.49. The van der Waals surface area contributed by atoms with Gasteiger partial charge in [-0.3, -0.25) is 4.79 Å². The first-order chi connectivity index (χ1) is 40.3. The molecular weight excluding hydrogens is 1070 g/mol. The molecule has 0 aromatic rings. The highest BCUT2D eigenvalue weighted by atomic mass is 16.8. The monoisotopic (exact) mass is 1190 g/mol. The van der Waals surface area contributed by atoms with E-state index < -0.39 is 124 Å². The van der Waals surface area contributed by atoms with E-state index in [1.165, 1.54) is 148 Å². The van der Waals surface area contributed by atoms with Gasteiger partial charge in [-0.15, -0.1) is 0 Å². The number of hydrogen-bond donors (Lipinski definition) is 12. The first kappa shape index (κ1) is 75.3. The quantitative estimate of drug-likeness (QED) is 0.0211. The number of aliphatic hydroxyl groups is 11. The molecular formula is C64H117NO18. The summed E-state index contributed by atoms with van der Waals surface area (Å²) in [6.45, 7) is 1.71. The highest BCUT2D eigenvalue weighted by Crippen LogP contribution is 2.33. The average molecular weight is 1190 g/mol. The molecule has 19 nitrogen and oxygen atoms in total. The second-order valence-corrected chi connectivity index (χ2v) is 23.6. The molecule has 0 bridgehead atoms. The second-order valence-electron chi connectivity index (χ2n) is 23.6. The van der Waals surface area contributed by atoms with Gasteiger partial charge >= 0.3 is 0 Å². The molecule has 3 saturated heterocycles. The van der Waals surface area contributed by atoms with Crippen molar-refractivity contribution in [3.8, 4) is 0 Å². The van der Waals surface area contributed by atoms with Crippen molar-refractivity contribution < 1.29 is 89.4 Å². The van der Waals surface area contributed by atoms with E-state index >= 15 is 0 Å². The van der Waals surface area contributed by atoms with Crippen molar-refractivity contribution in [2.75, 3.05) is 26.4 Å². The summed E-state index contributed by atoms with van der Waals surface area (Å²) in [5.41, 5.74) is 0. The topological polar surface area (TPSA) is 307 Å². The third-order valence-corrected chi connectivity index (χ3v) is 16.4. The molecule has 0 radical (unpaired) electrons. The molecule has 3 aliphatic heterocycles. The van der Waals surface area contributed by atoms with Gasteiger partial charge < -0.3 is 89.9 Å². The van der Waals surface area contributed by atoms with Crippen LogP contribution in [0.3, 0.4) is 0 Å². The molecule has 1 amide bonds. The second kappa shape index (κ2) is 47.1. The van der Waals surface area contributed by atoms with Crippen LogP contribution in [0.25, 0.3) is 0 Å². The normalized spacial score (nSPS) is 29.6. The lowest BCUT2D eigenvalue weighted by atomic mass is 9.96. The summed E-state index contributed by atoms with van der Waals surface area (Å²) in [5.74, 6) is -0.289. The maximum atomic E-state index is 13.4. The van der Waals surface area contributed by atoms with Crippen LogP contribution in [0.1, 0.15) is 232 Å². The largest absolute Gasteiger partial charge is 0.394 e. The molecule has 3 rings (SSSR count). The summed E-state index contributed by atoms with van der Waals surface area (Å²) in [5, 5.41) is 120. The molecule has 19 heteroatoms. The first-order valence-corrected chi connectivity index (χ1v) is 32.7. The summed E-state index contributed by atoms with van der Waals surface area (Å²) in [7, 11) is 0. The lowest BCUT2D eigenvalue weighted by Gasteiger charge is -2.48. The van der Waals surface area contributed by atoms with Crippen LogP contribution in [0.5, 0.6) is 0 Å². The molecule has 12 N–H and O–H groups in total. The molecule has 0 spiro atoms. The van der Waals surface area contributed by atoms with E-state index in [-0.39, 0.29) is 18.9 Å². The zero-order valence-corrected chi connectivity index (χ0v) is 50.9. The van der Waals surface area contributed by atoms with Crippen molar-refractivity contribution in [3.05, 3.63) is 36.5 Å². The zero-order valence-electron chi connectivity index (χ0n) is 50.9. The predicted octanol–water partition coefficient (Wildman–Crippen LogP) is 7.27. The van der Waals surface area contributed by atoms with Crippen LogP contribution in [0, 0.1) is 0 Å². The molecule has 17 atom stereocenters. The Bertz CT molecular complexity index is 1660. The Morgan fingerprint density at radius 2 is 0.771 bits per heavy atom. The predicted molar refractivity (Wildman–Crippen MR) is 319 cm³/mol. The smallest absolute Gasteiger partial charge is 0.220 e. The number of allylic oxidation sites excluding steroid dienone is 5. The zero-order chi connectivity index (χ0) is 60.5. The van der Waals surface area contributed by atoms with E-state index in [0.29, 0.717) is 12.8 Å². The molecule has 3 heterocycles. The molecule has 0 saturated carbocycles. The van der Waals surface area contributed by atoms with E-state index in [1.54, 1.807) is 6.08 Å². The molecule has 83 heavy (non-hydrogen) atoms. The average Bonchev–Trinajstić information content (AvgIpc) is 3.35. The number of ether oxygens (including phenoxy) is 6. The summed E-state index contributed by atoms with van der Waals surface area (Å²) in [6, 6.07) is -0.991. The fraction of sp³-hybridized carbons (Fsp3) is 0.891. The molecule has 0 aromatic carbocycles. The van der Waals surface area contributed by atoms with Gasteiger partial charge in [0.2, 0.25) is 5.91 Å². The van der Waals surface area contributed by atoms with Crippen LogP contribution in [-0.2, 0) is 33.2 Å². The summed E-state index contributed by atoms with van der Waals surface area (Å²) >= 11 is 0. The van der Waals surface area contributed by atoms with Crippen molar-refractivity contribution >= 4 is 5.91 Å². The molecule has 17 unspecified atom stereocenters. The number of carbonyl (C=O) groups is 1. The van der Waals surface area contributed by atoms with Crippen LogP contribution in [0.15, 0.2) is 36.5 Å².